The minimum atomic E-state index is -3.65. The summed E-state index contributed by atoms with van der Waals surface area (Å²) in [6.45, 7) is 0. The maximum atomic E-state index is 13.1. The molecule has 32 heavy (non-hydrogen) atoms. The first-order chi connectivity index (χ1) is 14.7. The van der Waals surface area contributed by atoms with Gasteiger partial charge in [-0.25, -0.2) is 21.1 Å². The van der Waals surface area contributed by atoms with Crippen LogP contribution in [0.15, 0.2) is 63.4 Å². The van der Waals surface area contributed by atoms with Gasteiger partial charge in [0, 0.05) is 40.0 Å². The number of nitrogens with two attached hydrogens (primary N) is 1. The summed E-state index contributed by atoms with van der Waals surface area (Å²) in [6, 6.07) is 10.7. The predicted octanol–water partition coefficient (Wildman–Crippen LogP) is 0.568. The van der Waals surface area contributed by atoms with Crippen molar-refractivity contribution in [2.75, 3.05) is 34.4 Å². The van der Waals surface area contributed by atoms with Gasteiger partial charge in [0.25, 0.3) is 11.9 Å². The number of sulfone groups is 1. The Morgan fingerprint density at radius 2 is 1.53 bits per heavy atom. The highest BCUT2D eigenvalue weighted by Gasteiger charge is 2.24. The molecule has 0 unspecified atom stereocenters. The van der Waals surface area contributed by atoms with Gasteiger partial charge in [-0.15, -0.1) is 10.2 Å². The maximum absolute atomic E-state index is 13.1. The molecule has 0 aromatic heterocycles. The van der Waals surface area contributed by atoms with Crippen molar-refractivity contribution in [2.45, 2.75) is 9.79 Å². The van der Waals surface area contributed by atoms with Crippen LogP contribution >= 0.6 is 0 Å². The second kappa shape index (κ2) is 9.54. The second-order valence-corrected chi connectivity index (χ2v) is 11.2. The molecule has 2 N–H and O–H groups in total. The van der Waals surface area contributed by atoms with Gasteiger partial charge in [-0.2, -0.15) is 0 Å². The number of hydrogen-bond acceptors (Lipinski definition) is 8. The van der Waals surface area contributed by atoms with Crippen molar-refractivity contribution >= 4 is 31.7 Å². The van der Waals surface area contributed by atoms with Crippen molar-refractivity contribution in [2.24, 2.45) is 10.8 Å². The van der Waals surface area contributed by atoms with Crippen molar-refractivity contribution in [3.8, 4) is 5.75 Å². The molecule has 0 aliphatic rings. The number of nitrogens with zero attached hydrogens (tertiary/aromatic N) is 4. The van der Waals surface area contributed by atoms with E-state index in [9.17, 15) is 21.6 Å². The smallest absolute Gasteiger partial charge is 0.294 e. The fraction of sp³-hybridized carbons (Fsp3) is 0.263. The molecule has 0 bridgehead atoms. The molecule has 11 nitrogen and oxygen atoms in total. The Morgan fingerprint density at radius 1 is 0.938 bits per heavy atom. The molecule has 1 amide bonds. The quantitative estimate of drug-likeness (QED) is 0.342. The van der Waals surface area contributed by atoms with E-state index in [0.29, 0.717) is 5.06 Å². The van der Waals surface area contributed by atoms with E-state index in [0.717, 1.165) is 10.6 Å². The van der Waals surface area contributed by atoms with Gasteiger partial charge in [0.15, 0.2) is 15.6 Å². The monoisotopic (exact) mass is 483 g/mol. The van der Waals surface area contributed by atoms with Gasteiger partial charge < -0.3 is 10.6 Å². The molecule has 2 aromatic carbocycles. The van der Waals surface area contributed by atoms with Crippen molar-refractivity contribution in [3.05, 3.63) is 54.1 Å². The van der Waals surface area contributed by atoms with E-state index in [1.54, 1.807) is 14.1 Å². The summed E-state index contributed by atoms with van der Waals surface area (Å²) in [5, 5.41) is 6.00. The number of carbonyl (C=O) groups excluding carboxylic acids is 1. The highest BCUT2D eigenvalue weighted by atomic mass is 32.2. The summed E-state index contributed by atoms with van der Waals surface area (Å²) in [4.78, 5) is 18.7. The Hall–Kier alpha value is -3.16. The molecule has 174 valence electrons. The first-order valence-electron chi connectivity index (χ1n) is 9.10. The van der Waals surface area contributed by atoms with Gasteiger partial charge in [0.1, 0.15) is 0 Å². The summed E-state index contributed by atoms with van der Waals surface area (Å²) in [7, 11) is -1.22. The number of carbonyl (C=O) groups is 1. The van der Waals surface area contributed by atoms with Crippen LogP contribution in [0.3, 0.4) is 0 Å². The lowest BCUT2D eigenvalue weighted by Gasteiger charge is -2.22. The lowest BCUT2D eigenvalue weighted by atomic mass is 10.2. The lowest BCUT2D eigenvalue weighted by Crippen LogP contribution is -2.45. The number of hydroxylamine groups is 2. The van der Waals surface area contributed by atoms with Crippen LogP contribution in [0.2, 0.25) is 0 Å². The van der Waals surface area contributed by atoms with Gasteiger partial charge in [-0.3, -0.25) is 9.80 Å². The third-order valence-electron chi connectivity index (χ3n) is 4.00. The molecule has 0 saturated heterocycles. The molecular weight excluding hydrogens is 458 g/mol. The predicted molar refractivity (Wildman–Crippen MR) is 119 cm³/mol. The van der Waals surface area contributed by atoms with Gasteiger partial charge in [0.05, 0.1) is 9.79 Å². The number of benzene rings is 2. The Bertz CT molecular complexity index is 1220. The van der Waals surface area contributed by atoms with Crippen molar-refractivity contribution in [3.63, 3.8) is 0 Å². The molecule has 0 heterocycles. The van der Waals surface area contributed by atoms with Gasteiger partial charge in [-0.05, 0) is 42.5 Å². The Labute approximate surface area is 187 Å². The van der Waals surface area contributed by atoms with Crippen LogP contribution in [-0.2, 0) is 19.9 Å². The highest BCUT2D eigenvalue weighted by Crippen LogP contribution is 2.20. The van der Waals surface area contributed by atoms with Crippen LogP contribution in [-0.4, -0.2) is 77.5 Å². The molecule has 2 rings (SSSR count). The average molecular weight is 484 g/mol. The van der Waals surface area contributed by atoms with E-state index < -0.39 is 25.8 Å². The first kappa shape index (κ1) is 25.1. The number of guanidine groups is 1. The average Bonchev–Trinajstić information content (AvgIpc) is 2.70. The normalized spacial score (nSPS) is 12.5. The molecule has 0 fully saturated rings. The summed E-state index contributed by atoms with van der Waals surface area (Å²) >= 11 is 0. The van der Waals surface area contributed by atoms with Crippen LogP contribution in [0, 0.1) is 0 Å². The largest absolute Gasteiger partial charge is 0.369 e. The fourth-order valence-corrected chi connectivity index (χ4v) is 3.97. The fourth-order valence-electron chi connectivity index (χ4n) is 2.40. The molecule has 0 saturated carbocycles. The molecule has 0 atom stereocenters. The Morgan fingerprint density at radius 3 is 2.03 bits per heavy atom. The topological polar surface area (TPSA) is 143 Å². The number of amides is 1. The summed E-state index contributed by atoms with van der Waals surface area (Å²) in [6.07, 6.45) is 1.02. The second-order valence-electron chi connectivity index (χ2n) is 7.06. The zero-order valence-corrected chi connectivity index (χ0v) is 19.9. The van der Waals surface area contributed by atoms with Crippen molar-refractivity contribution < 1.29 is 26.5 Å². The third kappa shape index (κ3) is 5.96. The van der Waals surface area contributed by atoms with Gasteiger partial charge in [0.2, 0.25) is 10.0 Å². The summed E-state index contributed by atoms with van der Waals surface area (Å²) in [5.41, 5.74) is 5.93. The number of rotatable bonds is 7. The minimum Gasteiger partial charge on any atom is -0.369 e. The van der Waals surface area contributed by atoms with Crippen molar-refractivity contribution in [1.82, 2.24) is 14.4 Å². The SMILES string of the molecule is CN(C)N=C(N)N(Oc1ccc(S(=O)(=O)N(C)C)cc1)C(=O)c1cccc(S(C)(=O)=O)c1. The standard InChI is InChI=1S/C19H25N5O6S2/c1-22(2)21-19(20)24(18(25)14-7-6-8-17(13-14)31(5,26)27)30-15-9-11-16(12-10-15)32(28,29)23(3)4/h6-13H,1-5H3,(H2,20,21). The van der Waals surface area contributed by atoms with Crippen LogP contribution in [0.25, 0.3) is 0 Å². The third-order valence-corrected chi connectivity index (χ3v) is 6.94. The molecule has 13 heteroatoms. The zero-order chi connectivity index (χ0) is 24.3. The molecule has 0 aliphatic carbocycles. The Balaban J connectivity index is 2.44. The highest BCUT2D eigenvalue weighted by molar-refractivity contribution is 7.90. The van der Waals surface area contributed by atoms with Gasteiger partial charge >= 0.3 is 0 Å². The van der Waals surface area contributed by atoms with Crippen LogP contribution < -0.4 is 10.6 Å². The zero-order valence-electron chi connectivity index (χ0n) is 18.3. The molecular formula is C19H25N5O6S2. The van der Waals surface area contributed by atoms with E-state index in [2.05, 4.69) is 5.10 Å². The summed E-state index contributed by atoms with van der Waals surface area (Å²) < 4.78 is 49.2. The molecule has 0 spiro atoms. The molecule has 0 radical (unpaired) electrons. The van der Waals surface area contributed by atoms with Crippen LogP contribution in [0.4, 0.5) is 0 Å². The van der Waals surface area contributed by atoms with E-state index >= 15 is 0 Å². The van der Waals surface area contributed by atoms with Crippen molar-refractivity contribution in [1.29, 1.82) is 0 Å². The molecule has 2 aromatic rings. The van der Waals surface area contributed by atoms with E-state index in [1.807, 2.05) is 0 Å². The van der Waals surface area contributed by atoms with Crippen LogP contribution in [0.5, 0.6) is 5.75 Å². The maximum Gasteiger partial charge on any atom is 0.294 e. The summed E-state index contributed by atoms with van der Waals surface area (Å²) in [5.74, 6) is -0.995. The Kier molecular flexibility index (Phi) is 7.49. The van der Waals surface area contributed by atoms with E-state index in [1.165, 1.54) is 67.6 Å². The number of hydrazone groups is 1. The number of hydrogen-bond donors (Lipinski definition) is 1. The van der Waals surface area contributed by atoms with Gasteiger partial charge in [-0.1, -0.05) is 6.07 Å². The first-order valence-corrected chi connectivity index (χ1v) is 12.4. The van der Waals surface area contributed by atoms with Crippen LogP contribution in [0.1, 0.15) is 10.4 Å². The minimum absolute atomic E-state index is 0.00311. The number of sulfonamides is 1. The van der Waals surface area contributed by atoms with E-state index in [-0.39, 0.29) is 27.1 Å². The molecule has 0 aliphatic heterocycles. The lowest BCUT2D eigenvalue weighted by molar-refractivity contribution is 0.0147. The van der Waals surface area contributed by atoms with E-state index in [4.69, 9.17) is 10.6 Å².